The van der Waals surface area contributed by atoms with Gasteiger partial charge in [-0.25, -0.2) is 0 Å². The van der Waals surface area contributed by atoms with Gasteiger partial charge in [0.1, 0.15) is 5.75 Å². The summed E-state index contributed by atoms with van der Waals surface area (Å²) in [5, 5.41) is 15.4. The van der Waals surface area contributed by atoms with Gasteiger partial charge in [0, 0.05) is 11.0 Å². The highest BCUT2D eigenvalue weighted by Gasteiger charge is 2.07. The molecule has 1 aromatic carbocycles. The van der Waals surface area contributed by atoms with Crippen molar-refractivity contribution in [1.29, 1.82) is 0 Å². The predicted octanol–water partition coefficient (Wildman–Crippen LogP) is 2.42. The van der Waals surface area contributed by atoms with E-state index in [1.165, 1.54) is 11.8 Å². The zero-order valence-electron chi connectivity index (χ0n) is 9.71. The summed E-state index contributed by atoms with van der Waals surface area (Å²) in [7, 11) is 0. The number of nitrogens with zero attached hydrogens (tertiary/aromatic N) is 1. The highest BCUT2D eigenvalue weighted by molar-refractivity contribution is 8.00. The molecule has 0 atom stereocenters. The standard InChI is InChI=1S/C12H12N2O3S/c1-8-6-12(17-14-8)13-11(16)7-18-10-4-2-9(15)3-5-10/h2-6,15H,7H2,1H3,(H,13,16). The molecule has 0 spiro atoms. The van der Waals surface area contributed by atoms with Crippen molar-refractivity contribution >= 4 is 23.6 Å². The highest BCUT2D eigenvalue weighted by Crippen LogP contribution is 2.20. The minimum Gasteiger partial charge on any atom is -0.508 e. The molecule has 18 heavy (non-hydrogen) atoms. The van der Waals surface area contributed by atoms with E-state index in [0.29, 0.717) is 5.88 Å². The lowest BCUT2D eigenvalue weighted by atomic mass is 10.3. The Morgan fingerprint density at radius 2 is 2.17 bits per heavy atom. The van der Waals surface area contributed by atoms with Gasteiger partial charge in [-0.15, -0.1) is 11.8 Å². The van der Waals surface area contributed by atoms with E-state index in [2.05, 4.69) is 10.5 Å². The second-order valence-corrected chi connectivity index (χ2v) is 4.71. The minimum absolute atomic E-state index is 0.163. The third kappa shape index (κ3) is 3.53. The van der Waals surface area contributed by atoms with E-state index < -0.39 is 0 Å². The molecular weight excluding hydrogens is 252 g/mol. The predicted molar refractivity (Wildman–Crippen MR) is 68.7 cm³/mol. The maximum Gasteiger partial charge on any atom is 0.237 e. The molecule has 0 aliphatic heterocycles. The second-order valence-electron chi connectivity index (χ2n) is 3.66. The normalized spacial score (nSPS) is 10.3. The first kappa shape index (κ1) is 12.5. The van der Waals surface area contributed by atoms with Gasteiger partial charge in [0.05, 0.1) is 11.4 Å². The monoisotopic (exact) mass is 264 g/mol. The number of aromatic nitrogens is 1. The van der Waals surface area contributed by atoms with Gasteiger partial charge in [0.25, 0.3) is 0 Å². The van der Waals surface area contributed by atoms with E-state index in [4.69, 9.17) is 9.63 Å². The summed E-state index contributed by atoms with van der Waals surface area (Å²) < 4.78 is 4.88. The Hall–Kier alpha value is -1.95. The Morgan fingerprint density at radius 3 is 2.78 bits per heavy atom. The van der Waals surface area contributed by atoms with Crippen molar-refractivity contribution in [3.8, 4) is 5.75 Å². The Morgan fingerprint density at radius 1 is 1.44 bits per heavy atom. The molecule has 94 valence electrons. The Labute approximate surface area is 108 Å². The Kier molecular flexibility index (Phi) is 3.88. The quantitative estimate of drug-likeness (QED) is 0.829. The number of hydrogen-bond donors (Lipinski definition) is 2. The smallest absolute Gasteiger partial charge is 0.237 e. The number of nitrogens with one attached hydrogen (secondary N) is 1. The molecule has 2 aromatic rings. The van der Waals surface area contributed by atoms with Gasteiger partial charge in [-0.1, -0.05) is 5.16 Å². The fraction of sp³-hybridized carbons (Fsp3) is 0.167. The van der Waals surface area contributed by atoms with E-state index in [1.807, 2.05) is 0 Å². The van der Waals surface area contributed by atoms with Crippen molar-refractivity contribution in [3.05, 3.63) is 36.0 Å². The summed E-state index contributed by atoms with van der Waals surface area (Å²) in [6.07, 6.45) is 0. The second kappa shape index (κ2) is 5.59. The lowest BCUT2D eigenvalue weighted by Gasteiger charge is -2.01. The van der Waals surface area contributed by atoms with Crippen LogP contribution in [0.2, 0.25) is 0 Å². The number of aryl methyl sites for hydroxylation is 1. The number of phenols is 1. The van der Waals surface area contributed by atoms with E-state index in [1.54, 1.807) is 37.3 Å². The van der Waals surface area contributed by atoms with Crippen LogP contribution < -0.4 is 5.32 Å². The molecule has 6 heteroatoms. The number of thioether (sulfide) groups is 1. The van der Waals surface area contributed by atoms with Crippen LogP contribution in [0.1, 0.15) is 5.69 Å². The molecule has 0 saturated carbocycles. The molecule has 0 fully saturated rings. The molecule has 1 amide bonds. The van der Waals surface area contributed by atoms with Crippen molar-refractivity contribution in [2.24, 2.45) is 0 Å². The first-order valence-electron chi connectivity index (χ1n) is 5.28. The van der Waals surface area contributed by atoms with Crippen LogP contribution in [0.4, 0.5) is 5.88 Å². The van der Waals surface area contributed by atoms with Gasteiger partial charge in [-0.3, -0.25) is 10.1 Å². The summed E-state index contributed by atoms with van der Waals surface area (Å²) in [6.45, 7) is 1.78. The van der Waals surface area contributed by atoms with Gasteiger partial charge in [-0.05, 0) is 31.2 Å². The van der Waals surface area contributed by atoms with Crippen LogP contribution in [0.5, 0.6) is 5.75 Å². The molecule has 5 nitrogen and oxygen atoms in total. The Bertz CT molecular complexity index is 537. The maximum absolute atomic E-state index is 11.6. The van der Waals surface area contributed by atoms with Gasteiger partial charge in [0.15, 0.2) is 0 Å². The molecule has 2 rings (SSSR count). The first-order valence-corrected chi connectivity index (χ1v) is 6.27. The first-order chi connectivity index (χ1) is 8.63. The number of benzene rings is 1. The van der Waals surface area contributed by atoms with Crippen LogP contribution in [-0.2, 0) is 4.79 Å². The van der Waals surface area contributed by atoms with Crippen LogP contribution in [0.25, 0.3) is 0 Å². The SMILES string of the molecule is Cc1cc(NC(=O)CSc2ccc(O)cc2)on1. The topological polar surface area (TPSA) is 75.4 Å². The largest absolute Gasteiger partial charge is 0.508 e. The van der Waals surface area contributed by atoms with Gasteiger partial charge in [-0.2, -0.15) is 0 Å². The Balaban J connectivity index is 1.83. The number of hydrogen-bond acceptors (Lipinski definition) is 5. The highest BCUT2D eigenvalue weighted by atomic mass is 32.2. The number of carbonyl (C=O) groups is 1. The van der Waals surface area contributed by atoms with E-state index in [-0.39, 0.29) is 17.4 Å². The fourth-order valence-corrected chi connectivity index (χ4v) is 1.99. The lowest BCUT2D eigenvalue weighted by Crippen LogP contribution is -2.13. The summed E-state index contributed by atoms with van der Waals surface area (Å²) >= 11 is 1.38. The maximum atomic E-state index is 11.6. The summed E-state index contributed by atoms with van der Waals surface area (Å²) in [6, 6.07) is 8.33. The van der Waals surface area contributed by atoms with E-state index >= 15 is 0 Å². The van der Waals surface area contributed by atoms with E-state index in [0.717, 1.165) is 10.6 Å². The molecule has 2 N–H and O–H groups in total. The molecule has 0 saturated heterocycles. The van der Waals surface area contributed by atoms with Crippen molar-refractivity contribution in [3.63, 3.8) is 0 Å². The number of anilines is 1. The zero-order valence-corrected chi connectivity index (χ0v) is 10.5. The molecule has 1 aromatic heterocycles. The summed E-state index contributed by atoms with van der Waals surface area (Å²) in [5.41, 5.74) is 0.719. The fourth-order valence-electron chi connectivity index (χ4n) is 1.29. The van der Waals surface area contributed by atoms with Crippen molar-refractivity contribution < 1.29 is 14.4 Å². The van der Waals surface area contributed by atoms with E-state index in [9.17, 15) is 4.79 Å². The number of carbonyl (C=O) groups excluding carboxylic acids is 1. The number of aromatic hydroxyl groups is 1. The van der Waals surface area contributed by atoms with Crippen LogP contribution in [0.3, 0.4) is 0 Å². The van der Waals surface area contributed by atoms with Crippen molar-refractivity contribution in [2.45, 2.75) is 11.8 Å². The minimum atomic E-state index is -0.163. The van der Waals surface area contributed by atoms with Crippen LogP contribution in [-0.4, -0.2) is 21.9 Å². The molecule has 0 radical (unpaired) electrons. The molecule has 0 unspecified atom stereocenters. The molecular formula is C12H12N2O3S. The van der Waals surface area contributed by atoms with Crippen molar-refractivity contribution in [1.82, 2.24) is 5.16 Å². The van der Waals surface area contributed by atoms with Gasteiger partial charge in [0.2, 0.25) is 11.8 Å². The van der Waals surface area contributed by atoms with Crippen molar-refractivity contribution in [2.75, 3.05) is 11.1 Å². The number of rotatable bonds is 4. The number of phenolic OH excluding ortho intramolecular Hbond substituents is 1. The molecule has 0 aliphatic carbocycles. The molecule has 1 heterocycles. The van der Waals surface area contributed by atoms with Gasteiger partial charge < -0.3 is 9.63 Å². The lowest BCUT2D eigenvalue weighted by molar-refractivity contribution is -0.113. The average Bonchev–Trinajstić information content (AvgIpc) is 2.74. The summed E-state index contributed by atoms with van der Waals surface area (Å²) in [5.74, 6) is 0.666. The molecule has 0 bridgehead atoms. The summed E-state index contributed by atoms with van der Waals surface area (Å²) in [4.78, 5) is 12.5. The number of amides is 1. The van der Waals surface area contributed by atoms with Crippen LogP contribution in [0.15, 0.2) is 39.8 Å². The average molecular weight is 264 g/mol. The third-order valence-corrected chi connectivity index (χ3v) is 3.11. The van der Waals surface area contributed by atoms with Crippen LogP contribution in [0, 0.1) is 6.92 Å². The zero-order chi connectivity index (χ0) is 13.0. The van der Waals surface area contributed by atoms with Gasteiger partial charge >= 0.3 is 0 Å². The molecule has 0 aliphatic rings. The van der Waals surface area contributed by atoms with Crippen LogP contribution >= 0.6 is 11.8 Å². The third-order valence-electron chi connectivity index (χ3n) is 2.10.